The molecule has 4 rings (SSSR count). The molecule has 3 heterocycles. The molecule has 3 aromatic rings. The number of methoxy groups -OCH3 is 1. The number of allylic oxidation sites excluding steroid dienone is 1. The highest BCUT2D eigenvalue weighted by atomic mass is 16.5. The Balaban J connectivity index is 1.73. The van der Waals surface area contributed by atoms with Gasteiger partial charge in [0.05, 0.1) is 30.6 Å². The van der Waals surface area contributed by atoms with Crippen LogP contribution in [0.1, 0.15) is 41.0 Å². The number of primary amides is 1. The van der Waals surface area contributed by atoms with Crippen molar-refractivity contribution in [3.05, 3.63) is 65.8 Å². The first-order valence-corrected chi connectivity index (χ1v) is 11.1. The third-order valence-corrected chi connectivity index (χ3v) is 5.89. The fraction of sp³-hybridized carbons (Fsp3) is 0.280. The van der Waals surface area contributed by atoms with Gasteiger partial charge in [0.15, 0.2) is 5.69 Å². The first-order valence-electron chi connectivity index (χ1n) is 11.1. The van der Waals surface area contributed by atoms with Crippen LogP contribution >= 0.6 is 0 Å². The van der Waals surface area contributed by atoms with Gasteiger partial charge < -0.3 is 20.7 Å². The van der Waals surface area contributed by atoms with E-state index in [2.05, 4.69) is 33.9 Å². The predicted octanol–water partition coefficient (Wildman–Crippen LogP) is 2.24. The SMILES string of the molecule is C=CC(=O)N1C[C@@H](n2nc(C#Cc3ccc4c(cnn4CC)c3)c(C(N)=O)c2NC)C/C1=C\OC. The number of likely N-dealkylation sites (tertiary alicyclic amines) is 1. The molecule has 0 saturated carbocycles. The Hall–Kier alpha value is -4.52. The lowest BCUT2D eigenvalue weighted by Crippen LogP contribution is -2.27. The van der Waals surface area contributed by atoms with Gasteiger partial charge in [-0.05, 0) is 37.1 Å². The lowest BCUT2D eigenvalue weighted by Gasteiger charge is -2.16. The quantitative estimate of drug-likeness (QED) is 0.322. The number of aryl methyl sites for hydroxylation is 1. The molecule has 1 atom stereocenters. The Morgan fingerprint density at radius 2 is 2.17 bits per heavy atom. The summed E-state index contributed by atoms with van der Waals surface area (Å²) in [6.45, 7) is 6.72. The third-order valence-electron chi connectivity index (χ3n) is 5.89. The molecular formula is C25H27N7O3. The van der Waals surface area contributed by atoms with Crippen molar-refractivity contribution in [1.29, 1.82) is 0 Å². The van der Waals surface area contributed by atoms with Gasteiger partial charge in [-0.2, -0.15) is 10.2 Å². The number of fused-ring (bicyclic) bond motifs is 1. The molecule has 0 spiro atoms. The molecule has 0 aliphatic carbocycles. The average molecular weight is 474 g/mol. The van der Waals surface area contributed by atoms with Gasteiger partial charge in [-0.1, -0.05) is 12.5 Å². The lowest BCUT2D eigenvalue weighted by molar-refractivity contribution is -0.123. The van der Waals surface area contributed by atoms with Crippen molar-refractivity contribution >= 4 is 28.5 Å². The number of rotatable bonds is 6. The molecule has 1 aliphatic heterocycles. The van der Waals surface area contributed by atoms with Gasteiger partial charge in [-0.3, -0.25) is 14.3 Å². The second kappa shape index (κ2) is 9.77. The molecule has 1 aromatic carbocycles. The van der Waals surface area contributed by atoms with Crippen LogP contribution in [0.4, 0.5) is 5.82 Å². The van der Waals surface area contributed by atoms with Crippen LogP contribution in [0.2, 0.25) is 0 Å². The van der Waals surface area contributed by atoms with Gasteiger partial charge in [0, 0.05) is 37.5 Å². The zero-order valence-corrected chi connectivity index (χ0v) is 19.9. The van der Waals surface area contributed by atoms with E-state index in [0.29, 0.717) is 24.5 Å². The Morgan fingerprint density at radius 1 is 1.37 bits per heavy atom. The monoisotopic (exact) mass is 473 g/mol. The molecule has 0 radical (unpaired) electrons. The summed E-state index contributed by atoms with van der Waals surface area (Å²) in [6.07, 6.45) is 5.04. The largest absolute Gasteiger partial charge is 0.503 e. The molecule has 3 N–H and O–H groups in total. The normalized spacial score (nSPS) is 16.3. The van der Waals surface area contributed by atoms with E-state index in [9.17, 15) is 9.59 Å². The number of nitrogens with two attached hydrogens (primary N) is 1. The topological polar surface area (TPSA) is 120 Å². The smallest absolute Gasteiger partial charge is 0.255 e. The Bertz CT molecular complexity index is 1400. The van der Waals surface area contributed by atoms with Gasteiger partial charge >= 0.3 is 0 Å². The van der Waals surface area contributed by atoms with Crippen molar-refractivity contribution in [1.82, 2.24) is 24.5 Å². The summed E-state index contributed by atoms with van der Waals surface area (Å²) < 4.78 is 8.72. The number of nitrogens with zero attached hydrogens (tertiary/aromatic N) is 5. The van der Waals surface area contributed by atoms with Crippen LogP contribution in [0.15, 0.2) is 49.0 Å². The number of aromatic nitrogens is 4. The summed E-state index contributed by atoms with van der Waals surface area (Å²) in [5.74, 6) is 5.65. The highest BCUT2D eigenvalue weighted by Gasteiger charge is 2.35. The molecule has 1 fully saturated rings. The Morgan fingerprint density at radius 3 is 2.83 bits per heavy atom. The highest BCUT2D eigenvalue weighted by molar-refractivity contribution is 6.00. The number of carbonyl (C=O) groups is 2. The summed E-state index contributed by atoms with van der Waals surface area (Å²) in [5, 5.41) is 13.0. The lowest BCUT2D eigenvalue weighted by atomic mass is 10.1. The van der Waals surface area contributed by atoms with Crippen LogP contribution in [0.5, 0.6) is 0 Å². The Labute approximate surface area is 203 Å². The van der Waals surface area contributed by atoms with E-state index >= 15 is 0 Å². The van der Waals surface area contributed by atoms with E-state index in [1.807, 2.05) is 29.8 Å². The highest BCUT2D eigenvalue weighted by Crippen LogP contribution is 2.34. The number of hydrogen-bond donors (Lipinski definition) is 2. The van der Waals surface area contributed by atoms with E-state index in [-0.39, 0.29) is 23.2 Å². The number of nitrogens with one attached hydrogen (secondary N) is 1. The summed E-state index contributed by atoms with van der Waals surface area (Å²) in [6, 6.07) is 5.56. The zero-order valence-electron chi connectivity index (χ0n) is 19.9. The van der Waals surface area contributed by atoms with E-state index in [4.69, 9.17) is 10.5 Å². The second-order valence-corrected chi connectivity index (χ2v) is 7.97. The molecule has 1 saturated heterocycles. The van der Waals surface area contributed by atoms with Gasteiger partial charge in [0.25, 0.3) is 5.91 Å². The number of carbonyl (C=O) groups excluding carboxylic acids is 2. The second-order valence-electron chi connectivity index (χ2n) is 7.97. The number of hydrogen-bond acceptors (Lipinski definition) is 6. The van der Waals surface area contributed by atoms with Crippen LogP contribution in [0.3, 0.4) is 0 Å². The van der Waals surface area contributed by atoms with Crippen molar-refractivity contribution in [2.24, 2.45) is 5.73 Å². The van der Waals surface area contributed by atoms with Crippen LogP contribution in [0.25, 0.3) is 10.9 Å². The number of amides is 2. The fourth-order valence-electron chi connectivity index (χ4n) is 4.30. The minimum absolute atomic E-state index is 0.200. The van der Waals surface area contributed by atoms with Crippen molar-refractivity contribution in [3.63, 3.8) is 0 Å². The van der Waals surface area contributed by atoms with E-state index in [1.165, 1.54) is 19.4 Å². The van der Waals surface area contributed by atoms with Gasteiger partial charge in [-0.25, -0.2) is 4.68 Å². The van der Waals surface area contributed by atoms with Crippen molar-refractivity contribution < 1.29 is 14.3 Å². The maximum Gasteiger partial charge on any atom is 0.255 e. The number of anilines is 1. The van der Waals surface area contributed by atoms with Crippen LogP contribution in [0, 0.1) is 11.8 Å². The summed E-state index contributed by atoms with van der Waals surface area (Å²) in [7, 11) is 3.21. The van der Waals surface area contributed by atoms with Gasteiger partial charge in [0.1, 0.15) is 17.6 Å². The number of benzene rings is 1. The first-order chi connectivity index (χ1) is 16.9. The van der Waals surface area contributed by atoms with E-state index in [1.54, 1.807) is 22.8 Å². The molecule has 10 nitrogen and oxygen atoms in total. The molecule has 10 heteroatoms. The molecule has 180 valence electrons. The molecule has 2 amide bonds. The number of ether oxygens (including phenoxy) is 1. The molecular weight excluding hydrogens is 446 g/mol. The molecule has 2 aromatic heterocycles. The van der Waals surface area contributed by atoms with Crippen LogP contribution in [-0.4, -0.2) is 57.0 Å². The molecule has 1 aliphatic rings. The minimum Gasteiger partial charge on any atom is -0.503 e. The van der Waals surface area contributed by atoms with Gasteiger partial charge in [0.2, 0.25) is 5.91 Å². The maximum absolute atomic E-state index is 12.4. The minimum atomic E-state index is -0.644. The maximum atomic E-state index is 12.4. The summed E-state index contributed by atoms with van der Waals surface area (Å²) in [4.78, 5) is 26.3. The average Bonchev–Trinajstić information content (AvgIpc) is 3.56. The van der Waals surface area contributed by atoms with Crippen LogP contribution in [-0.2, 0) is 16.1 Å². The van der Waals surface area contributed by atoms with Crippen LogP contribution < -0.4 is 11.1 Å². The Kier molecular flexibility index (Phi) is 6.59. The fourth-order valence-corrected chi connectivity index (χ4v) is 4.30. The van der Waals surface area contributed by atoms with E-state index < -0.39 is 5.91 Å². The van der Waals surface area contributed by atoms with Gasteiger partial charge in [-0.15, -0.1) is 0 Å². The summed E-state index contributed by atoms with van der Waals surface area (Å²) >= 11 is 0. The third kappa shape index (κ3) is 4.36. The molecule has 35 heavy (non-hydrogen) atoms. The van der Waals surface area contributed by atoms with Crippen molar-refractivity contribution in [3.8, 4) is 11.8 Å². The standard InChI is InChI=1S/C25H27N7O3/c1-5-22(33)30-14-18(12-19(30)15-35-4)32-25(27-3)23(24(26)34)20(29-32)9-7-16-8-10-21-17(11-16)13-28-31(21)6-2/h5,8,10-11,13,15,18,27H,1,6,12,14H2,2-4H3,(H2,26,34)/b19-15+/t18-/m0/s1. The van der Waals surface area contributed by atoms with Crippen molar-refractivity contribution in [2.75, 3.05) is 26.0 Å². The predicted molar refractivity (Wildman–Crippen MR) is 132 cm³/mol. The molecule has 0 unspecified atom stereocenters. The summed E-state index contributed by atoms with van der Waals surface area (Å²) in [5.41, 5.74) is 8.65. The molecule has 0 bridgehead atoms. The van der Waals surface area contributed by atoms with Crippen molar-refractivity contribution in [2.45, 2.75) is 25.9 Å². The first kappa shape index (κ1) is 23.6. The zero-order chi connectivity index (χ0) is 25.1. The van der Waals surface area contributed by atoms with E-state index in [0.717, 1.165) is 23.0 Å².